The lowest BCUT2D eigenvalue weighted by Gasteiger charge is -2.09. The molecule has 3 rings (SSSR count). The molecule has 0 aliphatic heterocycles. The molecule has 0 N–H and O–H groups in total. The van der Waals surface area contributed by atoms with Crippen molar-refractivity contribution in [1.82, 2.24) is 0 Å². The second-order valence-corrected chi connectivity index (χ2v) is 7.61. The third-order valence-electron chi connectivity index (χ3n) is 3.31. The lowest BCUT2D eigenvalue weighted by atomic mass is 10.1. The van der Waals surface area contributed by atoms with Crippen LogP contribution in [0.4, 0.5) is 0 Å². The van der Waals surface area contributed by atoms with Crippen LogP contribution in [-0.4, -0.2) is 0 Å². The van der Waals surface area contributed by atoms with Crippen molar-refractivity contribution in [2.24, 2.45) is 0 Å². The molecule has 0 saturated heterocycles. The SMILES string of the molecule is Cc1ccc(Sc2[c]cccc2-c2ccc(SBr)cc2)cc1. The normalized spacial score (nSPS) is 10.6. The lowest BCUT2D eigenvalue weighted by molar-refractivity contribution is 1.35. The maximum Gasteiger partial charge on any atom is 0.0279 e. The van der Waals surface area contributed by atoms with Crippen molar-refractivity contribution in [3.8, 4) is 11.1 Å². The highest BCUT2D eigenvalue weighted by molar-refractivity contribution is 9.50. The van der Waals surface area contributed by atoms with Gasteiger partial charge in [-0.3, -0.25) is 0 Å². The summed E-state index contributed by atoms with van der Waals surface area (Å²) >= 11 is 5.17. The van der Waals surface area contributed by atoms with Gasteiger partial charge in [0.25, 0.3) is 0 Å². The topological polar surface area (TPSA) is 0 Å². The van der Waals surface area contributed by atoms with Crippen LogP contribution in [0.5, 0.6) is 0 Å². The number of halogens is 1. The number of rotatable bonds is 4. The summed E-state index contributed by atoms with van der Waals surface area (Å²) in [5.74, 6) is 0. The molecule has 3 aromatic rings. The van der Waals surface area contributed by atoms with Crippen LogP contribution in [0.15, 0.2) is 81.4 Å². The van der Waals surface area contributed by atoms with Crippen molar-refractivity contribution in [3.05, 3.63) is 78.4 Å². The van der Waals surface area contributed by atoms with Gasteiger partial charge >= 0.3 is 0 Å². The molecule has 0 aliphatic rings. The van der Waals surface area contributed by atoms with Crippen molar-refractivity contribution < 1.29 is 0 Å². The minimum Gasteiger partial charge on any atom is -0.0888 e. The highest BCUT2D eigenvalue weighted by atomic mass is 79.9. The van der Waals surface area contributed by atoms with Gasteiger partial charge in [-0.2, -0.15) is 0 Å². The molecule has 0 spiro atoms. The molecule has 0 nitrogen and oxygen atoms in total. The molecule has 0 saturated carbocycles. The summed E-state index contributed by atoms with van der Waals surface area (Å²) in [6, 6.07) is 26.7. The first-order chi connectivity index (χ1) is 10.8. The van der Waals surface area contributed by atoms with E-state index in [0.717, 1.165) is 4.90 Å². The van der Waals surface area contributed by atoms with E-state index in [1.165, 1.54) is 26.5 Å². The van der Waals surface area contributed by atoms with Crippen molar-refractivity contribution in [2.75, 3.05) is 0 Å². The monoisotopic (exact) mass is 385 g/mol. The van der Waals surface area contributed by atoms with E-state index in [-0.39, 0.29) is 0 Å². The molecule has 0 fully saturated rings. The summed E-state index contributed by atoms with van der Waals surface area (Å²) in [4.78, 5) is 3.60. The van der Waals surface area contributed by atoms with Gasteiger partial charge in [0.15, 0.2) is 0 Å². The Bertz CT molecular complexity index is 749. The zero-order valence-electron chi connectivity index (χ0n) is 12.0. The third kappa shape index (κ3) is 3.78. The smallest absolute Gasteiger partial charge is 0.0279 e. The second kappa shape index (κ2) is 7.40. The molecular weight excluding hydrogens is 372 g/mol. The van der Waals surface area contributed by atoms with Crippen molar-refractivity contribution >= 4 is 36.8 Å². The fraction of sp³-hybridized carbons (Fsp3) is 0.0526. The standard InChI is InChI=1S/C19H14BrS2/c1-14-6-10-16(11-7-14)21-19-5-3-2-4-18(19)15-8-12-17(22-20)13-9-15/h2-4,6-13H,1H3. The molecule has 0 heterocycles. The first-order valence-corrected chi connectivity index (χ1v) is 10.4. The zero-order valence-corrected chi connectivity index (χ0v) is 15.3. The average molecular weight is 386 g/mol. The van der Waals surface area contributed by atoms with Gasteiger partial charge in [0.1, 0.15) is 0 Å². The Morgan fingerprint density at radius 1 is 0.864 bits per heavy atom. The van der Waals surface area contributed by atoms with E-state index >= 15 is 0 Å². The molecule has 109 valence electrons. The van der Waals surface area contributed by atoms with Crippen LogP contribution in [0, 0.1) is 13.0 Å². The number of hydrogen-bond acceptors (Lipinski definition) is 2. The summed E-state index contributed by atoms with van der Waals surface area (Å²) < 4.78 is 0. The highest BCUT2D eigenvalue weighted by Gasteiger charge is 2.07. The predicted octanol–water partition coefficient (Wildman–Crippen LogP) is 7.02. The quantitative estimate of drug-likeness (QED) is 0.473. The molecular formula is C19H14BrS2. The highest BCUT2D eigenvalue weighted by Crippen LogP contribution is 2.36. The summed E-state index contributed by atoms with van der Waals surface area (Å²) in [6.45, 7) is 2.11. The Hall–Kier alpha value is -1.16. The van der Waals surface area contributed by atoms with E-state index in [4.69, 9.17) is 0 Å². The average Bonchev–Trinajstić information content (AvgIpc) is 2.58. The van der Waals surface area contributed by atoms with E-state index in [0.29, 0.717) is 0 Å². The molecule has 3 aromatic carbocycles. The lowest BCUT2D eigenvalue weighted by Crippen LogP contribution is -1.83. The van der Waals surface area contributed by atoms with Crippen LogP contribution in [0.2, 0.25) is 0 Å². The third-order valence-corrected chi connectivity index (χ3v) is 5.94. The summed E-state index contributed by atoms with van der Waals surface area (Å²) in [5, 5.41) is 0. The molecule has 0 atom stereocenters. The van der Waals surface area contributed by atoms with Gasteiger partial charge < -0.3 is 0 Å². The summed E-state index contributed by atoms with van der Waals surface area (Å²) in [6.07, 6.45) is 0. The van der Waals surface area contributed by atoms with Crippen LogP contribution in [0.1, 0.15) is 5.56 Å². The molecule has 3 heteroatoms. The van der Waals surface area contributed by atoms with Crippen LogP contribution in [-0.2, 0) is 0 Å². The minimum absolute atomic E-state index is 1.16. The van der Waals surface area contributed by atoms with Gasteiger partial charge in [-0.25, -0.2) is 0 Å². The van der Waals surface area contributed by atoms with Gasteiger partial charge in [0, 0.05) is 14.7 Å². The molecule has 0 aromatic heterocycles. The summed E-state index contributed by atoms with van der Waals surface area (Å²) in [7, 11) is 1.58. The Labute approximate surface area is 147 Å². The van der Waals surface area contributed by atoms with Gasteiger partial charge in [0.05, 0.1) is 0 Å². The minimum atomic E-state index is 1.16. The van der Waals surface area contributed by atoms with Gasteiger partial charge in [-0.1, -0.05) is 59.8 Å². The van der Waals surface area contributed by atoms with Crippen LogP contribution in [0.3, 0.4) is 0 Å². The second-order valence-electron chi connectivity index (χ2n) is 4.93. The Morgan fingerprint density at radius 2 is 1.55 bits per heavy atom. The van der Waals surface area contributed by atoms with Crippen molar-refractivity contribution in [1.29, 1.82) is 0 Å². The van der Waals surface area contributed by atoms with Gasteiger partial charge in [-0.05, 0) is 73.4 Å². The molecule has 0 unspecified atom stereocenters. The van der Waals surface area contributed by atoms with Gasteiger partial charge in [0.2, 0.25) is 0 Å². The maximum atomic E-state index is 3.41. The van der Waals surface area contributed by atoms with E-state index in [1.54, 1.807) is 22.0 Å². The van der Waals surface area contributed by atoms with Crippen LogP contribution in [0.25, 0.3) is 11.1 Å². The Morgan fingerprint density at radius 3 is 2.23 bits per heavy atom. The van der Waals surface area contributed by atoms with E-state index in [1.807, 2.05) is 12.1 Å². The number of hydrogen-bond donors (Lipinski definition) is 0. The van der Waals surface area contributed by atoms with Crippen molar-refractivity contribution in [2.45, 2.75) is 21.6 Å². The Kier molecular flexibility index (Phi) is 5.29. The van der Waals surface area contributed by atoms with E-state index in [9.17, 15) is 0 Å². The van der Waals surface area contributed by atoms with E-state index in [2.05, 4.69) is 82.4 Å². The molecule has 22 heavy (non-hydrogen) atoms. The number of benzene rings is 3. The molecule has 1 radical (unpaired) electrons. The zero-order chi connectivity index (χ0) is 15.4. The summed E-state index contributed by atoms with van der Waals surface area (Å²) in [5.41, 5.74) is 3.72. The van der Waals surface area contributed by atoms with E-state index < -0.39 is 0 Å². The molecule has 0 amide bonds. The first kappa shape index (κ1) is 15.7. The largest absolute Gasteiger partial charge is 0.0888 e. The fourth-order valence-corrected chi connectivity index (χ4v) is 3.96. The van der Waals surface area contributed by atoms with Crippen LogP contribution < -0.4 is 0 Å². The number of aryl methyl sites for hydroxylation is 1. The Balaban J connectivity index is 1.93. The van der Waals surface area contributed by atoms with Gasteiger partial charge in [-0.15, -0.1) is 0 Å². The van der Waals surface area contributed by atoms with Crippen molar-refractivity contribution in [3.63, 3.8) is 0 Å². The van der Waals surface area contributed by atoms with Crippen LogP contribution >= 0.6 is 36.8 Å². The molecule has 0 bridgehead atoms. The fourth-order valence-electron chi connectivity index (χ4n) is 2.14. The molecule has 0 aliphatic carbocycles. The first-order valence-electron chi connectivity index (χ1n) is 6.90. The predicted molar refractivity (Wildman–Crippen MR) is 101 cm³/mol. The maximum absolute atomic E-state index is 3.41.